The lowest BCUT2D eigenvalue weighted by Gasteiger charge is -2.22. The highest BCUT2D eigenvalue weighted by atomic mass is 35.5. The fourth-order valence-corrected chi connectivity index (χ4v) is 2.51. The molecule has 0 aromatic carbocycles. The molecular weight excluding hydrogens is 283 g/mol. The van der Waals surface area contributed by atoms with Gasteiger partial charge in [0.25, 0.3) is 0 Å². The summed E-state index contributed by atoms with van der Waals surface area (Å²) in [6, 6.07) is 3.51. The molecule has 4 nitrogen and oxygen atoms in total. The largest absolute Gasteiger partial charge is 0.378 e. The fraction of sp³-hybridized carbons (Fsp3) is 0.500. The highest BCUT2D eigenvalue weighted by Crippen LogP contribution is 2.20. The summed E-state index contributed by atoms with van der Waals surface area (Å²) in [5.74, 6) is -0.0239. The van der Waals surface area contributed by atoms with E-state index in [2.05, 4.69) is 10.6 Å². The van der Waals surface area contributed by atoms with Gasteiger partial charge in [0.15, 0.2) is 0 Å². The van der Waals surface area contributed by atoms with E-state index in [0.717, 1.165) is 15.8 Å². The number of thiophene rings is 1. The van der Waals surface area contributed by atoms with Gasteiger partial charge in [0.2, 0.25) is 5.91 Å². The molecule has 1 amide bonds. The Bertz CT molecular complexity index is 367. The van der Waals surface area contributed by atoms with Gasteiger partial charge >= 0.3 is 0 Å². The van der Waals surface area contributed by atoms with Crippen molar-refractivity contribution in [3.8, 4) is 0 Å². The second-order valence-electron chi connectivity index (χ2n) is 3.51. The Morgan fingerprint density at radius 2 is 2.47 bits per heavy atom. The third-order valence-electron chi connectivity index (χ3n) is 2.30. The van der Waals surface area contributed by atoms with Crippen LogP contribution in [0.1, 0.15) is 4.88 Å². The van der Waals surface area contributed by atoms with E-state index in [-0.39, 0.29) is 24.4 Å². The Morgan fingerprint density at radius 1 is 1.65 bits per heavy atom. The Kier molecular flexibility index (Phi) is 6.22. The molecule has 2 N–H and O–H groups in total. The Morgan fingerprint density at radius 3 is 3.06 bits per heavy atom. The maximum atomic E-state index is 11.7. The number of carbonyl (C=O) groups excluding carboxylic acids is 1. The molecule has 17 heavy (non-hydrogen) atoms. The normalized spacial score (nSPS) is 19.5. The van der Waals surface area contributed by atoms with Gasteiger partial charge in [-0.2, -0.15) is 0 Å². The first-order chi connectivity index (χ1) is 7.75. The maximum absolute atomic E-state index is 11.7. The fourth-order valence-electron chi connectivity index (χ4n) is 1.48. The van der Waals surface area contributed by atoms with E-state index in [1.807, 2.05) is 12.1 Å². The summed E-state index contributed by atoms with van der Waals surface area (Å²) >= 11 is 7.27. The van der Waals surface area contributed by atoms with E-state index in [1.54, 1.807) is 0 Å². The number of hydrogen-bond donors (Lipinski definition) is 2. The first-order valence-corrected chi connectivity index (χ1v) is 6.28. The highest BCUT2D eigenvalue weighted by molar-refractivity contribution is 7.16. The molecule has 0 saturated carbocycles. The molecule has 0 bridgehead atoms. The van der Waals surface area contributed by atoms with Crippen LogP contribution in [0.5, 0.6) is 0 Å². The van der Waals surface area contributed by atoms with Gasteiger partial charge in [0.1, 0.15) is 6.04 Å². The van der Waals surface area contributed by atoms with Crippen LogP contribution >= 0.6 is 35.3 Å². The average molecular weight is 297 g/mol. The zero-order valence-corrected chi connectivity index (χ0v) is 11.5. The lowest BCUT2D eigenvalue weighted by Crippen LogP contribution is -2.50. The summed E-state index contributed by atoms with van der Waals surface area (Å²) in [5, 5.41) is 5.95. The number of rotatable bonds is 3. The number of halogens is 2. The van der Waals surface area contributed by atoms with Gasteiger partial charge < -0.3 is 15.4 Å². The topological polar surface area (TPSA) is 50.4 Å². The van der Waals surface area contributed by atoms with Crippen molar-refractivity contribution in [1.82, 2.24) is 10.6 Å². The second-order valence-corrected chi connectivity index (χ2v) is 5.30. The van der Waals surface area contributed by atoms with Gasteiger partial charge in [-0.1, -0.05) is 11.6 Å². The lowest BCUT2D eigenvalue weighted by atomic mass is 10.2. The molecule has 96 valence electrons. The van der Waals surface area contributed by atoms with Crippen LogP contribution in [0.25, 0.3) is 0 Å². The Balaban J connectivity index is 0.00000144. The monoisotopic (exact) mass is 296 g/mol. The van der Waals surface area contributed by atoms with Crippen molar-refractivity contribution in [3.05, 3.63) is 21.3 Å². The molecule has 0 radical (unpaired) electrons. The summed E-state index contributed by atoms with van der Waals surface area (Å²) in [6.07, 6.45) is 0. The van der Waals surface area contributed by atoms with E-state index in [9.17, 15) is 4.79 Å². The molecule has 1 aromatic heterocycles. The molecule has 2 heterocycles. The molecule has 0 spiro atoms. The SMILES string of the molecule is Cl.O=C(NCc1ccc(Cl)s1)C1COCCN1. The van der Waals surface area contributed by atoms with E-state index in [1.165, 1.54) is 11.3 Å². The molecular formula is C10H14Cl2N2O2S. The predicted octanol–water partition coefficient (Wildman–Crippen LogP) is 1.43. The Labute approximate surface area is 115 Å². The summed E-state index contributed by atoms with van der Waals surface area (Å²) in [6.45, 7) is 2.36. The van der Waals surface area contributed by atoms with Gasteiger partial charge in [-0.3, -0.25) is 4.79 Å². The summed E-state index contributed by atoms with van der Waals surface area (Å²) in [5.41, 5.74) is 0. The van der Waals surface area contributed by atoms with Gasteiger partial charge in [0.05, 0.1) is 24.1 Å². The van der Waals surface area contributed by atoms with Gasteiger partial charge in [-0.15, -0.1) is 23.7 Å². The minimum absolute atomic E-state index is 0. The molecule has 1 aromatic rings. The molecule has 1 aliphatic heterocycles. The maximum Gasteiger partial charge on any atom is 0.239 e. The highest BCUT2D eigenvalue weighted by Gasteiger charge is 2.20. The Hall–Kier alpha value is -0.330. The standard InChI is InChI=1S/C10H13ClN2O2S.ClH/c11-9-2-1-7(16-9)5-13-10(14)8-6-15-4-3-12-8;/h1-2,8,12H,3-6H2,(H,13,14);1H. The average Bonchev–Trinajstić information content (AvgIpc) is 2.73. The van der Waals surface area contributed by atoms with Crippen LogP contribution in [-0.4, -0.2) is 31.7 Å². The molecule has 1 fully saturated rings. The van der Waals surface area contributed by atoms with Crippen LogP contribution in [0, 0.1) is 0 Å². The quantitative estimate of drug-likeness (QED) is 0.887. The number of morpholine rings is 1. The first kappa shape index (κ1) is 14.7. The van der Waals surface area contributed by atoms with Crippen LogP contribution in [0.2, 0.25) is 4.34 Å². The summed E-state index contributed by atoms with van der Waals surface area (Å²) in [4.78, 5) is 12.7. The van der Waals surface area contributed by atoms with E-state index >= 15 is 0 Å². The van der Waals surface area contributed by atoms with Crippen molar-refractivity contribution in [2.75, 3.05) is 19.8 Å². The van der Waals surface area contributed by atoms with Crippen LogP contribution in [-0.2, 0) is 16.1 Å². The van der Waals surface area contributed by atoms with Crippen molar-refractivity contribution in [1.29, 1.82) is 0 Å². The minimum atomic E-state index is -0.232. The van der Waals surface area contributed by atoms with Crippen molar-refractivity contribution in [2.24, 2.45) is 0 Å². The van der Waals surface area contributed by atoms with Crippen molar-refractivity contribution in [2.45, 2.75) is 12.6 Å². The molecule has 2 rings (SSSR count). The van der Waals surface area contributed by atoms with Crippen molar-refractivity contribution >= 4 is 41.3 Å². The second kappa shape index (κ2) is 7.18. The number of amides is 1. The molecule has 1 unspecified atom stereocenters. The third kappa shape index (κ3) is 4.44. The summed E-state index contributed by atoms with van der Waals surface area (Å²) < 4.78 is 5.96. The number of carbonyl (C=O) groups is 1. The van der Waals surface area contributed by atoms with Crippen LogP contribution in [0.3, 0.4) is 0 Å². The van der Waals surface area contributed by atoms with Crippen LogP contribution in [0.15, 0.2) is 12.1 Å². The zero-order valence-electron chi connectivity index (χ0n) is 9.07. The third-order valence-corrected chi connectivity index (χ3v) is 3.53. The molecule has 1 saturated heterocycles. The van der Waals surface area contributed by atoms with E-state index < -0.39 is 0 Å². The van der Waals surface area contributed by atoms with Gasteiger partial charge in [0, 0.05) is 11.4 Å². The smallest absolute Gasteiger partial charge is 0.239 e. The van der Waals surface area contributed by atoms with E-state index in [4.69, 9.17) is 16.3 Å². The molecule has 1 atom stereocenters. The van der Waals surface area contributed by atoms with E-state index in [0.29, 0.717) is 19.8 Å². The van der Waals surface area contributed by atoms with Crippen molar-refractivity contribution < 1.29 is 9.53 Å². The number of ether oxygens (including phenoxy) is 1. The first-order valence-electron chi connectivity index (χ1n) is 5.09. The zero-order chi connectivity index (χ0) is 11.4. The molecule has 0 aliphatic carbocycles. The van der Waals surface area contributed by atoms with Gasteiger partial charge in [-0.05, 0) is 12.1 Å². The molecule has 7 heteroatoms. The van der Waals surface area contributed by atoms with Crippen LogP contribution < -0.4 is 10.6 Å². The number of nitrogens with one attached hydrogen (secondary N) is 2. The molecule has 1 aliphatic rings. The number of hydrogen-bond acceptors (Lipinski definition) is 4. The predicted molar refractivity (Wildman–Crippen MR) is 71.0 cm³/mol. The van der Waals surface area contributed by atoms with Crippen LogP contribution in [0.4, 0.5) is 0 Å². The van der Waals surface area contributed by atoms with Gasteiger partial charge in [-0.25, -0.2) is 0 Å². The lowest BCUT2D eigenvalue weighted by molar-refractivity contribution is -0.126. The minimum Gasteiger partial charge on any atom is -0.378 e. The summed E-state index contributed by atoms with van der Waals surface area (Å²) in [7, 11) is 0. The van der Waals surface area contributed by atoms with Crippen molar-refractivity contribution in [3.63, 3.8) is 0 Å².